The van der Waals surface area contributed by atoms with Gasteiger partial charge in [-0.15, -0.1) is 0 Å². The number of hydrogen-bond acceptors (Lipinski definition) is 4. The highest BCUT2D eigenvalue weighted by Crippen LogP contribution is 2.35. The molecule has 0 radical (unpaired) electrons. The van der Waals surface area contributed by atoms with Crippen molar-refractivity contribution in [3.05, 3.63) is 35.4 Å². The normalized spacial score (nSPS) is 21.4. The highest BCUT2D eigenvalue weighted by molar-refractivity contribution is 5.93. The Balaban J connectivity index is 2.39. The average molecular weight is 314 g/mol. The monoisotopic (exact) mass is 314 g/mol. The van der Waals surface area contributed by atoms with Crippen LogP contribution in [0, 0.1) is 11.3 Å². The lowest BCUT2D eigenvalue weighted by atomic mass is 9.75. The van der Waals surface area contributed by atoms with E-state index in [0.717, 1.165) is 12.8 Å². The van der Waals surface area contributed by atoms with Gasteiger partial charge in [0.2, 0.25) is 0 Å². The van der Waals surface area contributed by atoms with Crippen LogP contribution in [0.5, 0.6) is 0 Å². The fraction of sp³-hybridized carbons (Fsp3) is 0.500. The van der Waals surface area contributed by atoms with Gasteiger partial charge in [-0.25, -0.2) is 4.79 Å². The molecule has 5 heteroatoms. The van der Waals surface area contributed by atoms with Gasteiger partial charge in [0, 0.05) is 6.42 Å². The lowest BCUT2D eigenvalue weighted by Crippen LogP contribution is -2.54. The lowest BCUT2D eigenvalue weighted by molar-refractivity contribution is -0.128. The molecule has 0 saturated heterocycles. The zero-order chi connectivity index (χ0) is 17.1. The van der Waals surface area contributed by atoms with Crippen LogP contribution < -0.4 is 5.32 Å². The van der Waals surface area contributed by atoms with E-state index in [2.05, 4.69) is 11.4 Å². The van der Waals surface area contributed by atoms with Crippen LogP contribution >= 0.6 is 0 Å². The number of ether oxygens (including phenoxy) is 1. The molecule has 1 aliphatic rings. The molecule has 1 aromatic rings. The van der Waals surface area contributed by atoms with E-state index in [9.17, 15) is 9.59 Å². The van der Waals surface area contributed by atoms with Crippen LogP contribution in [0.25, 0.3) is 0 Å². The molecule has 122 valence electrons. The minimum Gasteiger partial charge on any atom is -0.444 e. The van der Waals surface area contributed by atoms with Gasteiger partial charge in [0.05, 0.1) is 11.6 Å². The fourth-order valence-corrected chi connectivity index (χ4v) is 2.87. The van der Waals surface area contributed by atoms with Crippen molar-refractivity contribution in [1.29, 1.82) is 5.26 Å². The zero-order valence-electron chi connectivity index (χ0n) is 13.8. The molecule has 0 heterocycles. The van der Waals surface area contributed by atoms with E-state index in [1.54, 1.807) is 45.0 Å². The van der Waals surface area contributed by atoms with Gasteiger partial charge in [-0.2, -0.15) is 5.26 Å². The molecule has 5 nitrogen and oxygen atoms in total. The molecule has 1 aliphatic carbocycles. The number of hydrogen-bond donors (Lipinski definition) is 1. The van der Waals surface area contributed by atoms with Crippen molar-refractivity contribution >= 4 is 11.9 Å². The molecular formula is C18H22N2O3. The Morgan fingerprint density at radius 1 is 1.35 bits per heavy atom. The number of carbonyl (C=O) groups excluding carboxylic acids is 2. The molecule has 0 aliphatic heterocycles. The van der Waals surface area contributed by atoms with E-state index >= 15 is 0 Å². The Bertz CT molecular complexity index is 655. The van der Waals surface area contributed by atoms with Crippen molar-refractivity contribution in [2.24, 2.45) is 0 Å². The Morgan fingerprint density at radius 3 is 2.70 bits per heavy atom. The number of nitriles is 1. The molecule has 0 aromatic heterocycles. The van der Waals surface area contributed by atoms with E-state index in [4.69, 9.17) is 10.00 Å². The number of Topliss-reactive ketones (excluding diaryl/α,β-unsaturated/α-hetero) is 1. The Hall–Kier alpha value is -2.35. The third-order valence-electron chi connectivity index (χ3n) is 3.88. The maximum absolute atomic E-state index is 12.7. The van der Waals surface area contributed by atoms with Gasteiger partial charge in [0.1, 0.15) is 11.1 Å². The number of rotatable bonds is 2. The summed E-state index contributed by atoms with van der Waals surface area (Å²) in [5.74, 6) is -0.0373. The van der Waals surface area contributed by atoms with Crippen molar-refractivity contribution in [2.75, 3.05) is 0 Å². The van der Waals surface area contributed by atoms with Crippen molar-refractivity contribution in [2.45, 2.75) is 57.6 Å². The van der Waals surface area contributed by atoms with Crippen LogP contribution in [0.4, 0.5) is 4.79 Å². The molecule has 1 atom stereocenters. The summed E-state index contributed by atoms with van der Waals surface area (Å²) in [6.45, 7) is 5.33. The summed E-state index contributed by atoms with van der Waals surface area (Å²) in [5, 5.41) is 11.9. The first-order valence-electron chi connectivity index (χ1n) is 7.82. The molecule has 2 rings (SSSR count). The van der Waals surface area contributed by atoms with E-state index in [0.29, 0.717) is 24.0 Å². The van der Waals surface area contributed by atoms with Crippen LogP contribution in [0.1, 0.15) is 57.6 Å². The zero-order valence-corrected chi connectivity index (χ0v) is 13.8. The minimum atomic E-state index is -1.10. The molecular weight excluding hydrogens is 292 g/mol. The van der Waals surface area contributed by atoms with Gasteiger partial charge in [-0.1, -0.05) is 12.1 Å². The van der Waals surface area contributed by atoms with E-state index in [-0.39, 0.29) is 5.78 Å². The van der Waals surface area contributed by atoms with Crippen molar-refractivity contribution < 1.29 is 14.3 Å². The smallest absolute Gasteiger partial charge is 0.408 e. The maximum atomic E-state index is 12.7. The molecule has 0 spiro atoms. The second-order valence-electron chi connectivity index (χ2n) is 6.86. The predicted molar refractivity (Wildman–Crippen MR) is 85.7 cm³/mol. The summed E-state index contributed by atoms with van der Waals surface area (Å²) < 4.78 is 5.32. The highest BCUT2D eigenvalue weighted by Gasteiger charge is 2.43. The average Bonchev–Trinajstić information content (AvgIpc) is 2.48. The van der Waals surface area contributed by atoms with Crippen LogP contribution in [0.2, 0.25) is 0 Å². The number of nitrogens with one attached hydrogen (secondary N) is 1. The van der Waals surface area contributed by atoms with Gasteiger partial charge >= 0.3 is 6.09 Å². The predicted octanol–water partition coefficient (Wildman–Crippen LogP) is 3.42. The number of amides is 1. The molecule has 1 N–H and O–H groups in total. The van der Waals surface area contributed by atoms with Crippen molar-refractivity contribution in [3.8, 4) is 6.07 Å². The summed E-state index contributed by atoms with van der Waals surface area (Å²) in [7, 11) is 0. The molecule has 1 amide bonds. The van der Waals surface area contributed by atoms with Gasteiger partial charge < -0.3 is 10.1 Å². The summed E-state index contributed by atoms with van der Waals surface area (Å²) >= 11 is 0. The number of alkyl carbamates (subject to hydrolysis) is 1. The Labute approximate surface area is 136 Å². The summed E-state index contributed by atoms with van der Waals surface area (Å²) in [4.78, 5) is 24.9. The highest BCUT2D eigenvalue weighted by atomic mass is 16.6. The van der Waals surface area contributed by atoms with Crippen LogP contribution in [-0.2, 0) is 15.1 Å². The molecule has 1 aromatic carbocycles. The van der Waals surface area contributed by atoms with Gasteiger partial charge in [-0.05, 0) is 57.7 Å². The van der Waals surface area contributed by atoms with E-state index < -0.39 is 17.2 Å². The van der Waals surface area contributed by atoms with Gasteiger partial charge in [-0.3, -0.25) is 4.79 Å². The standard InChI is InChI=1S/C18H22N2O3/c1-17(2,3)23-16(22)20-18(10-5-4-9-15(18)21)14-8-6-7-13(11-14)12-19/h6-8,11H,4-5,9-10H2,1-3H3,(H,20,22). The first kappa shape index (κ1) is 17.0. The van der Waals surface area contributed by atoms with E-state index in [1.165, 1.54) is 0 Å². The van der Waals surface area contributed by atoms with Gasteiger partial charge in [0.15, 0.2) is 5.78 Å². The third-order valence-corrected chi connectivity index (χ3v) is 3.88. The third kappa shape index (κ3) is 3.89. The maximum Gasteiger partial charge on any atom is 0.408 e. The molecule has 23 heavy (non-hydrogen) atoms. The van der Waals surface area contributed by atoms with E-state index in [1.807, 2.05) is 0 Å². The summed E-state index contributed by atoms with van der Waals surface area (Å²) in [5.41, 5.74) is -0.636. The summed E-state index contributed by atoms with van der Waals surface area (Å²) in [6.07, 6.45) is 1.95. The Morgan fingerprint density at radius 2 is 2.09 bits per heavy atom. The van der Waals surface area contributed by atoms with Crippen LogP contribution in [-0.4, -0.2) is 17.5 Å². The topological polar surface area (TPSA) is 79.2 Å². The first-order chi connectivity index (χ1) is 10.8. The largest absolute Gasteiger partial charge is 0.444 e. The number of ketones is 1. The lowest BCUT2D eigenvalue weighted by Gasteiger charge is -2.37. The number of nitrogens with zero attached hydrogens (tertiary/aromatic N) is 1. The number of benzene rings is 1. The SMILES string of the molecule is CC(C)(C)OC(=O)NC1(c2cccc(C#N)c2)CCCCC1=O. The second kappa shape index (κ2) is 6.41. The molecule has 1 unspecified atom stereocenters. The van der Waals surface area contributed by atoms with Crippen molar-refractivity contribution in [3.63, 3.8) is 0 Å². The second-order valence-corrected chi connectivity index (χ2v) is 6.86. The van der Waals surface area contributed by atoms with Crippen molar-refractivity contribution in [1.82, 2.24) is 5.32 Å². The first-order valence-corrected chi connectivity index (χ1v) is 7.82. The summed E-state index contributed by atoms with van der Waals surface area (Å²) in [6, 6.07) is 8.93. The molecule has 1 saturated carbocycles. The minimum absolute atomic E-state index is 0.0373. The number of carbonyl (C=O) groups is 2. The van der Waals surface area contributed by atoms with Crippen LogP contribution in [0.15, 0.2) is 24.3 Å². The fourth-order valence-electron chi connectivity index (χ4n) is 2.87. The van der Waals surface area contributed by atoms with Crippen LogP contribution in [0.3, 0.4) is 0 Å². The Kier molecular flexibility index (Phi) is 4.74. The molecule has 1 fully saturated rings. The van der Waals surface area contributed by atoms with Gasteiger partial charge in [0.25, 0.3) is 0 Å². The quantitative estimate of drug-likeness (QED) is 0.907. The molecule has 0 bridgehead atoms.